The van der Waals surface area contributed by atoms with Crippen molar-refractivity contribution in [2.75, 3.05) is 11.4 Å². The first-order valence-corrected chi connectivity index (χ1v) is 16.3. The van der Waals surface area contributed by atoms with Crippen LogP contribution < -0.4 is 15.2 Å². The molecule has 0 spiro atoms. The van der Waals surface area contributed by atoms with E-state index in [4.69, 9.17) is 33.5 Å². The van der Waals surface area contributed by atoms with Crippen LogP contribution in [0, 0.1) is 0 Å². The number of carbonyl (C=O) groups excluding carboxylic acids is 3. The Hall–Kier alpha value is -4.17. The van der Waals surface area contributed by atoms with E-state index in [0.717, 1.165) is 12.1 Å². The van der Waals surface area contributed by atoms with Crippen molar-refractivity contribution in [2.24, 2.45) is 10.3 Å². The van der Waals surface area contributed by atoms with E-state index in [1.54, 1.807) is 12.1 Å². The van der Waals surface area contributed by atoms with Gasteiger partial charge in [-0.05, 0) is 72.8 Å². The quantitative estimate of drug-likeness (QED) is 0.183. The molecule has 0 atom stereocenters. The van der Waals surface area contributed by atoms with Crippen LogP contribution in [0.25, 0.3) is 0 Å². The summed E-state index contributed by atoms with van der Waals surface area (Å²) in [7, 11) is -8.30. The van der Waals surface area contributed by atoms with Crippen LogP contribution in [-0.4, -0.2) is 40.9 Å². The molecular weight excluding hydrogens is 649 g/mol. The Labute approximate surface area is 263 Å². The van der Waals surface area contributed by atoms with Gasteiger partial charge in [-0.3, -0.25) is 14.4 Å². The summed E-state index contributed by atoms with van der Waals surface area (Å²) in [6.45, 7) is 3.81. The second kappa shape index (κ2) is 12.8. The number of amides is 1. The van der Waals surface area contributed by atoms with Crippen molar-refractivity contribution in [2.45, 2.75) is 9.79 Å². The Bertz CT molecular complexity index is 2030. The number of primary sulfonamides is 2. The van der Waals surface area contributed by atoms with Gasteiger partial charge in [-0.1, -0.05) is 41.4 Å². The minimum atomic E-state index is -4.15. The van der Waals surface area contributed by atoms with Gasteiger partial charge in [0.05, 0.1) is 10.0 Å². The Balaban J connectivity index is 1.56. The molecule has 226 valence electrons. The van der Waals surface area contributed by atoms with Gasteiger partial charge in [0.25, 0.3) is 5.91 Å². The van der Waals surface area contributed by atoms with Crippen molar-refractivity contribution < 1.29 is 31.2 Å². The smallest absolute Gasteiger partial charge is 0.258 e. The van der Waals surface area contributed by atoms with E-state index in [9.17, 15) is 31.2 Å². The molecule has 10 nitrogen and oxygen atoms in total. The normalized spacial score (nSPS) is 11.5. The minimum absolute atomic E-state index is 0.0416. The second-order valence-electron chi connectivity index (χ2n) is 9.37. The molecule has 0 aliphatic heterocycles. The fraction of sp³-hybridized carbons (Fsp3) is 0.0333. The number of hydrogen-bond donors (Lipinski definition) is 2. The third-order valence-electron chi connectivity index (χ3n) is 6.39. The van der Waals surface area contributed by atoms with Gasteiger partial charge in [0.2, 0.25) is 20.0 Å². The van der Waals surface area contributed by atoms with Crippen LogP contribution in [0.15, 0.2) is 107 Å². The fourth-order valence-electron chi connectivity index (χ4n) is 4.21. The van der Waals surface area contributed by atoms with E-state index in [1.165, 1.54) is 71.6 Å². The topological polar surface area (TPSA) is 175 Å². The van der Waals surface area contributed by atoms with Crippen LogP contribution in [-0.2, 0) is 20.0 Å². The van der Waals surface area contributed by atoms with Crippen LogP contribution in [0.5, 0.6) is 0 Å². The zero-order valence-corrected chi connectivity index (χ0v) is 25.8. The van der Waals surface area contributed by atoms with Gasteiger partial charge in [-0.2, -0.15) is 0 Å². The molecule has 0 fully saturated rings. The van der Waals surface area contributed by atoms with Gasteiger partial charge in [-0.25, -0.2) is 27.1 Å². The van der Waals surface area contributed by atoms with Crippen LogP contribution in [0.2, 0.25) is 10.0 Å². The van der Waals surface area contributed by atoms with E-state index >= 15 is 0 Å². The first-order valence-electron chi connectivity index (χ1n) is 12.5. The molecule has 0 unspecified atom stereocenters. The number of halogens is 2. The van der Waals surface area contributed by atoms with E-state index in [-0.39, 0.29) is 54.2 Å². The average molecular weight is 673 g/mol. The molecule has 0 saturated heterocycles. The summed E-state index contributed by atoms with van der Waals surface area (Å²) < 4.78 is 47.1. The molecule has 1 amide bonds. The summed E-state index contributed by atoms with van der Waals surface area (Å²) >= 11 is 11.8. The number of hydrogen-bond acceptors (Lipinski definition) is 7. The Morgan fingerprint density at radius 3 is 1.39 bits per heavy atom. The number of nitrogens with two attached hydrogens (primary N) is 2. The van der Waals surface area contributed by atoms with Gasteiger partial charge < -0.3 is 4.90 Å². The van der Waals surface area contributed by atoms with Gasteiger partial charge >= 0.3 is 0 Å². The average Bonchev–Trinajstić information content (AvgIpc) is 2.98. The number of anilines is 1. The lowest BCUT2D eigenvalue weighted by molar-refractivity contribution is 0.0986. The zero-order valence-electron chi connectivity index (χ0n) is 22.6. The maximum Gasteiger partial charge on any atom is 0.258 e. The molecule has 0 radical (unpaired) electrons. The molecule has 4 rings (SSSR count). The van der Waals surface area contributed by atoms with E-state index < -0.39 is 37.5 Å². The largest absolute Gasteiger partial charge is 0.305 e. The minimum Gasteiger partial charge on any atom is -0.305 e. The first kappa shape index (κ1) is 32.7. The van der Waals surface area contributed by atoms with Gasteiger partial charge in [0, 0.05) is 40.0 Å². The second-order valence-corrected chi connectivity index (χ2v) is 13.2. The fourth-order valence-corrected chi connectivity index (χ4v) is 6.35. The standard InChI is InChI=1S/C30H23Cl2N3O7S2/c1-2-15-35(23-11-7-19(8-12-23)29(37)22-10-14-25(32)27(17-22)44(34,41)42)30(38)20-5-3-18(4-6-20)28(36)21-9-13-24(31)26(16-21)43(33,39)40/h2-14,16-17H,1,15H2,(H2,33,39,40)(H2,34,41,42). The van der Waals surface area contributed by atoms with Gasteiger partial charge in [-0.15, -0.1) is 6.58 Å². The predicted molar refractivity (Wildman–Crippen MR) is 167 cm³/mol. The number of rotatable bonds is 10. The number of ketones is 2. The molecule has 4 N–H and O–H groups in total. The summed E-state index contributed by atoms with van der Waals surface area (Å²) in [5.41, 5.74) is 1.18. The highest BCUT2D eigenvalue weighted by Crippen LogP contribution is 2.26. The highest BCUT2D eigenvalue weighted by molar-refractivity contribution is 7.89. The molecule has 0 bridgehead atoms. The molecule has 4 aromatic carbocycles. The van der Waals surface area contributed by atoms with Crippen molar-refractivity contribution in [3.63, 3.8) is 0 Å². The number of carbonyl (C=O) groups is 3. The maximum atomic E-state index is 13.4. The number of benzene rings is 4. The summed E-state index contributed by atoms with van der Waals surface area (Å²) in [5.74, 6) is -1.43. The highest BCUT2D eigenvalue weighted by atomic mass is 35.5. The van der Waals surface area contributed by atoms with E-state index in [0.29, 0.717) is 5.69 Å². The SMILES string of the molecule is C=CCN(C(=O)c1ccc(C(=O)c2ccc(Cl)c(S(N)(=O)=O)c2)cc1)c1ccc(C(=O)c2ccc(Cl)c(S(N)(=O)=O)c2)cc1. The van der Waals surface area contributed by atoms with Crippen LogP contribution in [0.3, 0.4) is 0 Å². The molecular formula is C30H23Cl2N3O7S2. The Kier molecular flexibility index (Phi) is 9.54. The Morgan fingerprint density at radius 2 is 1.00 bits per heavy atom. The molecule has 4 aromatic rings. The molecule has 44 heavy (non-hydrogen) atoms. The molecule has 14 heteroatoms. The third-order valence-corrected chi connectivity index (χ3v) is 9.18. The zero-order chi connectivity index (χ0) is 32.4. The van der Waals surface area contributed by atoms with Gasteiger partial charge in [0.15, 0.2) is 11.6 Å². The monoisotopic (exact) mass is 671 g/mol. The van der Waals surface area contributed by atoms with Crippen LogP contribution >= 0.6 is 23.2 Å². The third kappa shape index (κ3) is 7.13. The molecule has 0 aromatic heterocycles. The lowest BCUT2D eigenvalue weighted by Crippen LogP contribution is -2.31. The summed E-state index contributed by atoms with van der Waals surface area (Å²) in [5, 5.41) is 10.1. The number of sulfonamides is 2. The molecule has 0 heterocycles. The maximum absolute atomic E-state index is 13.4. The lowest BCUT2D eigenvalue weighted by Gasteiger charge is -2.22. The summed E-state index contributed by atoms with van der Waals surface area (Å²) in [4.78, 5) is 40.1. The summed E-state index contributed by atoms with van der Waals surface area (Å²) in [6.07, 6.45) is 1.51. The molecule has 0 saturated carbocycles. The summed E-state index contributed by atoms with van der Waals surface area (Å²) in [6, 6.07) is 19.3. The number of nitrogens with zero attached hydrogens (tertiary/aromatic N) is 1. The molecule has 0 aliphatic rings. The van der Waals surface area contributed by atoms with Crippen molar-refractivity contribution >= 4 is 66.4 Å². The molecule has 0 aliphatic carbocycles. The first-order chi connectivity index (χ1) is 20.6. The van der Waals surface area contributed by atoms with E-state index in [1.807, 2.05) is 0 Å². The lowest BCUT2D eigenvalue weighted by atomic mass is 10.0. The van der Waals surface area contributed by atoms with Crippen molar-refractivity contribution in [3.05, 3.63) is 135 Å². The predicted octanol–water partition coefficient (Wildman–Crippen LogP) is 4.58. The van der Waals surface area contributed by atoms with Crippen LogP contribution in [0.4, 0.5) is 5.69 Å². The van der Waals surface area contributed by atoms with Crippen molar-refractivity contribution in [1.29, 1.82) is 0 Å². The van der Waals surface area contributed by atoms with E-state index in [2.05, 4.69) is 6.58 Å². The Morgan fingerprint density at radius 1 is 0.636 bits per heavy atom. The van der Waals surface area contributed by atoms with Crippen molar-refractivity contribution in [1.82, 2.24) is 0 Å². The van der Waals surface area contributed by atoms with Gasteiger partial charge in [0.1, 0.15) is 9.79 Å². The highest BCUT2D eigenvalue weighted by Gasteiger charge is 2.21. The van der Waals surface area contributed by atoms with Crippen molar-refractivity contribution in [3.8, 4) is 0 Å². The van der Waals surface area contributed by atoms with Crippen LogP contribution in [0.1, 0.15) is 42.2 Å².